The Hall–Kier alpha value is -1.49. The number of halogens is 1. The SMILES string of the molecule is Cc1nc(CN=C(N)N2CCN(c3ncccn3)CC2)sc1C.I. The number of nitrogens with two attached hydrogens (primary N) is 1. The summed E-state index contributed by atoms with van der Waals surface area (Å²) in [4.78, 5) is 23.1. The molecular formula is C15H22IN7S. The van der Waals surface area contributed by atoms with Gasteiger partial charge in [-0.15, -0.1) is 35.3 Å². The van der Waals surface area contributed by atoms with Crippen molar-refractivity contribution in [1.29, 1.82) is 0 Å². The third-order valence-corrected chi connectivity index (χ3v) is 4.95. The molecule has 1 aliphatic rings. The quantitative estimate of drug-likeness (QED) is 0.428. The average molecular weight is 459 g/mol. The largest absolute Gasteiger partial charge is 0.370 e. The number of aromatic nitrogens is 3. The number of anilines is 1. The van der Waals surface area contributed by atoms with Crippen LogP contribution in [0, 0.1) is 13.8 Å². The number of aliphatic imine (C=N–C) groups is 1. The van der Waals surface area contributed by atoms with Crippen LogP contribution in [-0.4, -0.2) is 52.0 Å². The van der Waals surface area contributed by atoms with Gasteiger partial charge in [0.2, 0.25) is 5.95 Å². The van der Waals surface area contributed by atoms with Crippen molar-refractivity contribution >= 4 is 47.2 Å². The van der Waals surface area contributed by atoms with Crippen LogP contribution in [0.1, 0.15) is 15.6 Å². The lowest BCUT2D eigenvalue weighted by molar-refractivity contribution is 0.378. The zero-order chi connectivity index (χ0) is 16.2. The van der Waals surface area contributed by atoms with E-state index in [2.05, 4.69) is 36.7 Å². The van der Waals surface area contributed by atoms with Gasteiger partial charge in [-0.2, -0.15) is 0 Å². The van der Waals surface area contributed by atoms with E-state index in [9.17, 15) is 0 Å². The van der Waals surface area contributed by atoms with Crippen molar-refractivity contribution in [2.45, 2.75) is 20.4 Å². The molecule has 2 N–H and O–H groups in total. The summed E-state index contributed by atoms with van der Waals surface area (Å²) in [6.45, 7) is 7.98. The van der Waals surface area contributed by atoms with E-state index in [1.165, 1.54) is 4.88 Å². The van der Waals surface area contributed by atoms with Crippen molar-refractivity contribution in [2.24, 2.45) is 10.7 Å². The first kappa shape index (κ1) is 18.8. The molecule has 0 bridgehead atoms. The first-order chi connectivity index (χ1) is 11.1. The van der Waals surface area contributed by atoms with Crippen molar-refractivity contribution in [3.05, 3.63) is 34.0 Å². The number of guanidine groups is 1. The van der Waals surface area contributed by atoms with Crippen LogP contribution in [0.15, 0.2) is 23.5 Å². The molecule has 1 fully saturated rings. The van der Waals surface area contributed by atoms with Crippen LogP contribution >= 0.6 is 35.3 Å². The van der Waals surface area contributed by atoms with Gasteiger partial charge in [-0.25, -0.2) is 19.9 Å². The second-order valence-electron chi connectivity index (χ2n) is 5.45. The van der Waals surface area contributed by atoms with Gasteiger partial charge in [-0.05, 0) is 19.9 Å². The maximum Gasteiger partial charge on any atom is 0.225 e. The van der Waals surface area contributed by atoms with Gasteiger partial charge in [0.15, 0.2) is 5.96 Å². The first-order valence-electron chi connectivity index (χ1n) is 7.63. The number of thiazole rings is 1. The molecule has 2 aromatic rings. The molecule has 0 amide bonds. The summed E-state index contributed by atoms with van der Waals surface area (Å²) in [7, 11) is 0. The van der Waals surface area contributed by atoms with Crippen LogP contribution in [0.4, 0.5) is 5.95 Å². The van der Waals surface area contributed by atoms with Crippen LogP contribution in [-0.2, 0) is 6.54 Å². The minimum Gasteiger partial charge on any atom is -0.370 e. The highest BCUT2D eigenvalue weighted by molar-refractivity contribution is 14.0. The highest BCUT2D eigenvalue weighted by Crippen LogP contribution is 2.17. The highest BCUT2D eigenvalue weighted by atomic mass is 127. The lowest BCUT2D eigenvalue weighted by Crippen LogP contribution is -2.51. The highest BCUT2D eigenvalue weighted by Gasteiger charge is 2.19. The summed E-state index contributed by atoms with van der Waals surface area (Å²) in [5, 5.41) is 1.01. The van der Waals surface area contributed by atoms with E-state index in [1.807, 2.05) is 13.0 Å². The molecule has 3 rings (SSSR count). The molecule has 24 heavy (non-hydrogen) atoms. The van der Waals surface area contributed by atoms with Gasteiger partial charge in [0.1, 0.15) is 5.01 Å². The summed E-state index contributed by atoms with van der Waals surface area (Å²) in [5.74, 6) is 1.36. The molecule has 3 heterocycles. The first-order valence-corrected chi connectivity index (χ1v) is 8.45. The van der Waals surface area contributed by atoms with Gasteiger partial charge < -0.3 is 15.5 Å². The van der Waals surface area contributed by atoms with Crippen LogP contribution in [0.5, 0.6) is 0 Å². The smallest absolute Gasteiger partial charge is 0.225 e. The molecular weight excluding hydrogens is 437 g/mol. The molecule has 7 nitrogen and oxygen atoms in total. The number of aryl methyl sites for hydroxylation is 2. The molecule has 1 saturated heterocycles. The van der Waals surface area contributed by atoms with Crippen molar-refractivity contribution in [2.75, 3.05) is 31.1 Å². The number of piperazine rings is 1. The van der Waals surface area contributed by atoms with Crippen LogP contribution in [0.25, 0.3) is 0 Å². The number of nitrogens with zero attached hydrogens (tertiary/aromatic N) is 6. The fraction of sp³-hybridized carbons (Fsp3) is 0.467. The summed E-state index contributed by atoms with van der Waals surface area (Å²) in [5.41, 5.74) is 7.21. The topological polar surface area (TPSA) is 83.5 Å². The third-order valence-electron chi connectivity index (χ3n) is 3.89. The maximum absolute atomic E-state index is 6.13. The Morgan fingerprint density at radius 3 is 2.46 bits per heavy atom. The van der Waals surface area contributed by atoms with Crippen molar-refractivity contribution in [3.63, 3.8) is 0 Å². The molecule has 2 aromatic heterocycles. The number of hydrogen-bond donors (Lipinski definition) is 1. The lowest BCUT2D eigenvalue weighted by atomic mass is 10.3. The second kappa shape index (κ2) is 8.56. The van der Waals surface area contributed by atoms with Gasteiger partial charge in [0.25, 0.3) is 0 Å². The molecule has 9 heteroatoms. The molecule has 0 aliphatic carbocycles. The van der Waals surface area contributed by atoms with E-state index in [1.54, 1.807) is 23.7 Å². The Kier molecular flexibility index (Phi) is 6.72. The monoisotopic (exact) mass is 459 g/mol. The minimum atomic E-state index is 0. The van der Waals surface area contributed by atoms with E-state index in [-0.39, 0.29) is 24.0 Å². The molecule has 0 radical (unpaired) electrons. The summed E-state index contributed by atoms with van der Waals surface area (Å²) < 4.78 is 0. The fourth-order valence-electron chi connectivity index (χ4n) is 2.45. The molecule has 0 atom stereocenters. The predicted molar refractivity (Wildman–Crippen MR) is 108 cm³/mol. The van der Waals surface area contributed by atoms with Gasteiger partial charge in [0.05, 0.1) is 12.2 Å². The summed E-state index contributed by atoms with van der Waals surface area (Å²) >= 11 is 1.68. The summed E-state index contributed by atoms with van der Waals surface area (Å²) in [6, 6.07) is 1.83. The minimum absolute atomic E-state index is 0. The van der Waals surface area contributed by atoms with Crippen LogP contribution in [0.3, 0.4) is 0 Å². The average Bonchev–Trinajstić information content (AvgIpc) is 2.92. The van der Waals surface area contributed by atoms with Gasteiger partial charge in [-0.3, -0.25) is 0 Å². The van der Waals surface area contributed by atoms with Crippen LogP contribution < -0.4 is 10.6 Å². The predicted octanol–water partition coefficient (Wildman–Crippen LogP) is 1.80. The zero-order valence-electron chi connectivity index (χ0n) is 13.8. The van der Waals surface area contributed by atoms with Gasteiger partial charge >= 0.3 is 0 Å². The Balaban J connectivity index is 0.00000208. The second-order valence-corrected chi connectivity index (χ2v) is 6.73. The molecule has 0 spiro atoms. The lowest BCUT2D eigenvalue weighted by Gasteiger charge is -2.35. The third kappa shape index (κ3) is 4.53. The number of rotatable bonds is 3. The van der Waals surface area contributed by atoms with Crippen molar-refractivity contribution in [3.8, 4) is 0 Å². The molecule has 130 valence electrons. The fourth-order valence-corrected chi connectivity index (χ4v) is 3.30. The van der Waals surface area contributed by atoms with Crippen molar-refractivity contribution < 1.29 is 0 Å². The normalized spacial score (nSPS) is 15.3. The van der Waals surface area contributed by atoms with Crippen molar-refractivity contribution in [1.82, 2.24) is 19.9 Å². The van der Waals surface area contributed by atoms with E-state index < -0.39 is 0 Å². The standard InChI is InChI=1S/C15H21N7S.HI/c1-11-12(2)23-13(20-11)10-19-14(16)21-6-8-22(9-7-21)15-17-4-3-5-18-15;/h3-5H,6-10H2,1-2H3,(H2,16,19);1H. The zero-order valence-corrected chi connectivity index (χ0v) is 17.0. The number of hydrogen-bond acceptors (Lipinski definition) is 6. The molecule has 1 aliphatic heterocycles. The van der Waals surface area contributed by atoms with E-state index in [0.29, 0.717) is 12.5 Å². The van der Waals surface area contributed by atoms with Crippen LogP contribution in [0.2, 0.25) is 0 Å². The Morgan fingerprint density at radius 1 is 1.21 bits per heavy atom. The van der Waals surface area contributed by atoms with Gasteiger partial charge in [-0.1, -0.05) is 0 Å². The van der Waals surface area contributed by atoms with Gasteiger partial charge in [0, 0.05) is 43.4 Å². The maximum atomic E-state index is 6.13. The van der Waals surface area contributed by atoms with E-state index in [4.69, 9.17) is 5.73 Å². The van der Waals surface area contributed by atoms with E-state index in [0.717, 1.165) is 42.8 Å². The van der Waals surface area contributed by atoms with E-state index >= 15 is 0 Å². The molecule has 0 saturated carbocycles. The Morgan fingerprint density at radius 2 is 1.88 bits per heavy atom. The molecule has 0 unspecified atom stereocenters. The Labute approximate surface area is 163 Å². The Bertz CT molecular complexity index is 661. The molecule has 0 aromatic carbocycles. The summed E-state index contributed by atoms with van der Waals surface area (Å²) in [6.07, 6.45) is 3.53.